The van der Waals surface area contributed by atoms with Crippen molar-refractivity contribution in [1.82, 2.24) is 0 Å². The Balaban J connectivity index is 2.20. The van der Waals surface area contributed by atoms with Gasteiger partial charge in [-0.1, -0.05) is 18.2 Å². The lowest BCUT2D eigenvalue weighted by Gasteiger charge is -2.14. The van der Waals surface area contributed by atoms with E-state index in [4.69, 9.17) is 5.73 Å². The van der Waals surface area contributed by atoms with Crippen molar-refractivity contribution in [3.63, 3.8) is 0 Å². The van der Waals surface area contributed by atoms with E-state index in [0.717, 1.165) is 0 Å². The quantitative estimate of drug-likeness (QED) is 0.899. The van der Waals surface area contributed by atoms with Gasteiger partial charge in [0.25, 0.3) is 0 Å². The van der Waals surface area contributed by atoms with Crippen LogP contribution in [0.2, 0.25) is 0 Å². The molecule has 0 radical (unpaired) electrons. The smallest absolute Gasteiger partial charge is 0.387 e. The summed E-state index contributed by atoms with van der Waals surface area (Å²) < 4.78 is 41.8. The average Bonchev–Trinajstić information content (AvgIpc) is 2.41. The van der Waals surface area contributed by atoms with Crippen molar-refractivity contribution in [2.45, 2.75) is 12.7 Å². The molecule has 2 rings (SSSR count). The maximum Gasteiger partial charge on any atom is 0.387 e. The summed E-state index contributed by atoms with van der Waals surface area (Å²) in [6.07, 6.45) is 0. The summed E-state index contributed by atoms with van der Waals surface area (Å²) >= 11 is 3.09. The Morgan fingerprint density at radius 2 is 1.60 bits per heavy atom. The third-order valence-corrected chi connectivity index (χ3v) is 3.37. The lowest BCUT2D eigenvalue weighted by molar-refractivity contribution is -0.0498. The molecule has 0 bridgehead atoms. The predicted octanol–water partition coefficient (Wildman–Crippen LogP) is 4.24. The number of nitrogens with two attached hydrogens (primary N) is 1. The largest absolute Gasteiger partial charge is 0.435 e. The summed E-state index contributed by atoms with van der Waals surface area (Å²) in [5.41, 5.74) is 7.48. The Bertz CT molecular complexity index is 589. The minimum Gasteiger partial charge on any atom is -0.435 e. The Hall–Kier alpha value is -1.53. The Morgan fingerprint density at radius 3 is 2.15 bits per heavy atom. The third kappa shape index (κ3) is 3.52. The summed E-state index contributed by atoms with van der Waals surface area (Å²) in [5, 5.41) is 0. The SMILES string of the molecule is NC(c1ccc(OC(F)F)cc1)c1ccc(F)c(Br)c1. The lowest BCUT2D eigenvalue weighted by atomic mass is 9.99. The zero-order valence-electron chi connectivity index (χ0n) is 10.2. The van der Waals surface area contributed by atoms with E-state index in [-0.39, 0.29) is 11.6 Å². The van der Waals surface area contributed by atoms with E-state index in [2.05, 4.69) is 20.7 Å². The number of benzene rings is 2. The number of alkyl halides is 2. The van der Waals surface area contributed by atoms with Gasteiger partial charge in [0.05, 0.1) is 10.5 Å². The second-order valence-corrected chi connectivity index (χ2v) is 4.95. The van der Waals surface area contributed by atoms with Gasteiger partial charge in [-0.05, 0) is 51.3 Å². The monoisotopic (exact) mass is 345 g/mol. The molecule has 0 aromatic heterocycles. The van der Waals surface area contributed by atoms with Crippen molar-refractivity contribution in [2.75, 3.05) is 0 Å². The zero-order valence-corrected chi connectivity index (χ0v) is 11.8. The fourth-order valence-corrected chi connectivity index (χ4v) is 2.15. The van der Waals surface area contributed by atoms with Gasteiger partial charge in [0.2, 0.25) is 0 Å². The molecule has 0 aliphatic heterocycles. The fourth-order valence-electron chi connectivity index (χ4n) is 1.75. The second-order valence-electron chi connectivity index (χ2n) is 4.10. The standard InChI is InChI=1S/C14H11BrF3NO/c15-11-7-9(3-6-12(11)16)13(19)8-1-4-10(5-2-8)20-14(17)18/h1-7,13-14H,19H2. The van der Waals surface area contributed by atoms with Gasteiger partial charge in [-0.25, -0.2) is 4.39 Å². The second kappa shape index (κ2) is 6.28. The highest BCUT2D eigenvalue weighted by molar-refractivity contribution is 9.10. The predicted molar refractivity (Wildman–Crippen MR) is 73.2 cm³/mol. The molecule has 2 aromatic carbocycles. The number of rotatable bonds is 4. The number of hydrogen-bond donors (Lipinski definition) is 1. The highest BCUT2D eigenvalue weighted by atomic mass is 79.9. The first kappa shape index (κ1) is 14.9. The van der Waals surface area contributed by atoms with Crippen LogP contribution in [0.25, 0.3) is 0 Å². The van der Waals surface area contributed by atoms with Gasteiger partial charge >= 0.3 is 6.61 Å². The summed E-state index contributed by atoms with van der Waals surface area (Å²) in [6.45, 7) is -2.86. The number of hydrogen-bond acceptors (Lipinski definition) is 2. The molecule has 1 atom stereocenters. The molecule has 6 heteroatoms. The molecule has 0 spiro atoms. The molecular formula is C14H11BrF3NO. The average molecular weight is 346 g/mol. The molecule has 20 heavy (non-hydrogen) atoms. The topological polar surface area (TPSA) is 35.2 Å². The van der Waals surface area contributed by atoms with E-state index >= 15 is 0 Å². The van der Waals surface area contributed by atoms with Crippen LogP contribution in [0.3, 0.4) is 0 Å². The molecular weight excluding hydrogens is 335 g/mol. The van der Waals surface area contributed by atoms with Crippen LogP contribution in [0, 0.1) is 5.82 Å². The van der Waals surface area contributed by atoms with Crippen LogP contribution in [0.5, 0.6) is 5.75 Å². The Morgan fingerprint density at radius 1 is 1.00 bits per heavy atom. The molecule has 0 aliphatic rings. The molecule has 106 valence electrons. The van der Waals surface area contributed by atoms with E-state index in [9.17, 15) is 13.2 Å². The van der Waals surface area contributed by atoms with Gasteiger partial charge in [0, 0.05) is 0 Å². The summed E-state index contributed by atoms with van der Waals surface area (Å²) in [4.78, 5) is 0. The zero-order chi connectivity index (χ0) is 14.7. The maximum atomic E-state index is 13.2. The van der Waals surface area contributed by atoms with Gasteiger partial charge in [0.15, 0.2) is 0 Å². The van der Waals surface area contributed by atoms with Gasteiger partial charge in [0.1, 0.15) is 11.6 Å². The van der Waals surface area contributed by atoms with Crippen molar-refractivity contribution in [3.8, 4) is 5.75 Å². The first-order chi connectivity index (χ1) is 9.47. The van der Waals surface area contributed by atoms with Crippen molar-refractivity contribution in [3.05, 3.63) is 63.9 Å². The van der Waals surface area contributed by atoms with E-state index in [1.807, 2.05) is 0 Å². The molecule has 2 N–H and O–H groups in total. The van der Waals surface area contributed by atoms with Crippen LogP contribution in [0.1, 0.15) is 17.2 Å². The highest BCUT2D eigenvalue weighted by Gasteiger charge is 2.12. The van der Waals surface area contributed by atoms with Crippen molar-refractivity contribution in [1.29, 1.82) is 0 Å². The maximum absolute atomic E-state index is 13.2. The van der Waals surface area contributed by atoms with Gasteiger partial charge in [-0.15, -0.1) is 0 Å². The molecule has 0 fully saturated rings. The molecule has 0 saturated heterocycles. The Kier molecular flexibility index (Phi) is 4.67. The van der Waals surface area contributed by atoms with Crippen molar-refractivity contribution >= 4 is 15.9 Å². The number of halogens is 4. The van der Waals surface area contributed by atoms with Crippen LogP contribution in [-0.4, -0.2) is 6.61 Å². The van der Waals surface area contributed by atoms with E-state index in [0.29, 0.717) is 15.6 Å². The van der Waals surface area contributed by atoms with E-state index in [1.54, 1.807) is 24.3 Å². The first-order valence-corrected chi connectivity index (χ1v) is 6.52. The van der Waals surface area contributed by atoms with E-state index < -0.39 is 12.7 Å². The normalized spacial score (nSPS) is 12.5. The van der Waals surface area contributed by atoms with Crippen LogP contribution in [-0.2, 0) is 0 Å². The van der Waals surface area contributed by atoms with Gasteiger partial charge in [-0.3, -0.25) is 0 Å². The third-order valence-electron chi connectivity index (χ3n) is 2.77. The highest BCUT2D eigenvalue weighted by Crippen LogP contribution is 2.26. The van der Waals surface area contributed by atoms with E-state index in [1.165, 1.54) is 18.2 Å². The molecule has 0 heterocycles. The fraction of sp³-hybridized carbons (Fsp3) is 0.143. The van der Waals surface area contributed by atoms with Gasteiger partial charge in [-0.2, -0.15) is 8.78 Å². The molecule has 2 aromatic rings. The molecule has 0 aliphatic carbocycles. The van der Waals surface area contributed by atoms with Crippen LogP contribution >= 0.6 is 15.9 Å². The van der Waals surface area contributed by atoms with Crippen molar-refractivity contribution in [2.24, 2.45) is 5.73 Å². The van der Waals surface area contributed by atoms with Crippen molar-refractivity contribution < 1.29 is 17.9 Å². The molecule has 1 unspecified atom stereocenters. The molecule has 0 amide bonds. The summed E-state index contributed by atoms with van der Waals surface area (Å²) in [5.74, 6) is -0.308. The van der Waals surface area contributed by atoms with Crippen LogP contribution < -0.4 is 10.5 Å². The molecule has 2 nitrogen and oxygen atoms in total. The minimum atomic E-state index is -2.86. The first-order valence-electron chi connectivity index (χ1n) is 5.72. The minimum absolute atomic E-state index is 0.0660. The number of ether oxygens (including phenoxy) is 1. The Labute approximate surface area is 122 Å². The van der Waals surface area contributed by atoms with Gasteiger partial charge < -0.3 is 10.5 Å². The molecule has 0 saturated carbocycles. The lowest BCUT2D eigenvalue weighted by Crippen LogP contribution is -2.12. The van der Waals surface area contributed by atoms with Crippen LogP contribution in [0.15, 0.2) is 46.9 Å². The van der Waals surface area contributed by atoms with Crippen LogP contribution in [0.4, 0.5) is 13.2 Å². The summed E-state index contributed by atoms with van der Waals surface area (Å²) in [7, 11) is 0. The summed E-state index contributed by atoms with van der Waals surface area (Å²) in [6, 6.07) is 10.0.